The summed E-state index contributed by atoms with van der Waals surface area (Å²) < 4.78 is 6.54. The molecule has 1 aromatic rings. The standard InChI is InChI=1S/C15H22BrNO2/c1-11(18)10-17-15(13-6-8-19-9-7-13)12-2-4-14(16)5-3-12/h2-5,11,13,15,17-18H,6-10H2,1H3. The Morgan fingerprint density at radius 1 is 1.32 bits per heavy atom. The van der Waals surface area contributed by atoms with Crippen molar-refractivity contribution in [3.63, 3.8) is 0 Å². The van der Waals surface area contributed by atoms with Crippen molar-refractivity contribution in [3.05, 3.63) is 34.3 Å². The predicted molar refractivity (Wildman–Crippen MR) is 80.1 cm³/mol. The first-order chi connectivity index (χ1) is 9.16. The third kappa shape index (κ3) is 4.56. The number of nitrogens with one attached hydrogen (secondary N) is 1. The molecule has 1 fully saturated rings. The van der Waals surface area contributed by atoms with Crippen LogP contribution < -0.4 is 5.32 Å². The van der Waals surface area contributed by atoms with Crippen molar-refractivity contribution >= 4 is 15.9 Å². The highest BCUT2D eigenvalue weighted by atomic mass is 79.9. The second-order valence-electron chi connectivity index (χ2n) is 5.24. The second-order valence-corrected chi connectivity index (χ2v) is 6.15. The van der Waals surface area contributed by atoms with Gasteiger partial charge in [0.05, 0.1) is 6.10 Å². The van der Waals surface area contributed by atoms with Gasteiger partial charge in [-0.15, -0.1) is 0 Å². The summed E-state index contributed by atoms with van der Waals surface area (Å²) in [5, 5.41) is 13.0. The molecule has 0 aromatic heterocycles. The summed E-state index contributed by atoms with van der Waals surface area (Å²) in [6.07, 6.45) is 1.83. The van der Waals surface area contributed by atoms with Crippen LogP contribution in [-0.2, 0) is 4.74 Å². The summed E-state index contributed by atoms with van der Waals surface area (Å²) in [4.78, 5) is 0. The van der Waals surface area contributed by atoms with Gasteiger partial charge in [0, 0.05) is 30.3 Å². The maximum atomic E-state index is 9.50. The summed E-state index contributed by atoms with van der Waals surface area (Å²) in [6.45, 7) is 4.12. The molecule has 106 valence electrons. The van der Waals surface area contributed by atoms with Crippen LogP contribution in [0.15, 0.2) is 28.7 Å². The van der Waals surface area contributed by atoms with E-state index in [-0.39, 0.29) is 6.10 Å². The average Bonchev–Trinajstić information content (AvgIpc) is 2.42. The van der Waals surface area contributed by atoms with Crippen molar-refractivity contribution < 1.29 is 9.84 Å². The van der Waals surface area contributed by atoms with E-state index in [1.165, 1.54) is 5.56 Å². The number of hydrogen-bond donors (Lipinski definition) is 2. The Morgan fingerprint density at radius 2 is 1.95 bits per heavy atom. The number of benzene rings is 1. The van der Waals surface area contributed by atoms with E-state index in [4.69, 9.17) is 4.74 Å². The Morgan fingerprint density at radius 3 is 2.53 bits per heavy atom. The lowest BCUT2D eigenvalue weighted by Gasteiger charge is -2.32. The van der Waals surface area contributed by atoms with E-state index >= 15 is 0 Å². The minimum atomic E-state index is -0.321. The largest absolute Gasteiger partial charge is 0.392 e. The first-order valence-electron chi connectivity index (χ1n) is 6.91. The molecule has 19 heavy (non-hydrogen) atoms. The SMILES string of the molecule is CC(O)CNC(c1ccc(Br)cc1)C1CCOCC1. The van der Waals surface area contributed by atoms with Gasteiger partial charge >= 0.3 is 0 Å². The minimum Gasteiger partial charge on any atom is -0.392 e. The molecule has 1 aromatic carbocycles. The zero-order valence-electron chi connectivity index (χ0n) is 11.3. The van der Waals surface area contributed by atoms with E-state index in [2.05, 4.69) is 45.5 Å². The molecule has 0 bridgehead atoms. The fraction of sp³-hybridized carbons (Fsp3) is 0.600. The highest BCUT2D eigenvalue weighted by molar-refractivity contribution is 9.10. The Hall–Kier alpha value is -0.420. The maximum Gasteiger partial charge on any atom is 0.0636 e. The van der Waals surface area contributed by atoms with Crippen molar-refractivity contribution in [2.45, 2.75) is 31.9 Å². The van der Waals surface area contributed by atoms with Gasteiger partial charge in [0.2, 0.25) is 0 Å². The molecule has 0 radical (unpaired) electrons. The van der Waals surface area contributed by atoms with Crippen LogP contribution in [0.25, 0.3) is 0 Å². The minimum absolute atomic E-state index is 0.298. The van der Waals surface area contributed by atoms with Crippen molar-refractivity contribution in [3.8, 4) is 0 Å². The monoisotopic (exact) mass is 327 g/mol. The van der Waals surface area contributed by atoms with E-state index in [9.17, 15) is 5.11 Å². The number of hydrogen-bond acceptors (Lipinski definition) is 3. The van der Waals surface area contributed by atoms with Crippen molar-refractivity contribution in [1.82, 2.24) is 5.32 Å². The van der Waals surface area contributed by atoms with Crippen LogP contribution in [0.4, 0.5) is 0 Å². The van der Waals surface area contributed by atoms with E-state index in [0.717, 1.165) is 30.5 Å². The summed E-state index contributed by atoms with van der Waals surface area (Å²) in [5.74, 6) is 0.577. The summed E-state index contributed by atoms with van der Waals surface area (Å²) in [7, 11) is 0. The highest BCUT2D eigenvalue weighted by Crippen LogP contribution is 2.30. The summed E-state index contributed by atoms with van der Waals surface area (Å²) in [5.41, 5.74) is 1.29. The lowest BCUT2D eigenvalue weighted by Crippen LogP contribution is -2.35. The molecule has 3 nitrogen and oxygen atoms in total. The molecule has 0 amide bonds. The van der Waals surface area contributed by atoms with Crippen LogP contribution in [0.5, 0.6) is 0 Å². The van der Waals surface area contributed by atoms with Crippen LogP contribution in [0.1, 0.15) is 31.4 Å². The normalized spacial score (nSPS) is 20.2. The lowest BCUT2D eigenvalue weighted by atomic mass is 9.87. The number of ether oxygens (including phenoxy) is 1. The quantitative estimate of drug-likeness (QED) is 0.873. The lowest BCUT2D eigenvalue weighted by molar-refractivity contribution is 0.0515. The Balaban J connectivity index is 2.10. The number of aliphatic hydroxyl groups excluding tert-OH is 1. The smallest absolute Gasteiger partial charge is 0.0636 e. The zero-order valence-corrected chi connectivity index (χ0v) is 12.9. The first kappa shape index (κ1) is 15.0. The molecular formula is C15H22BrNO2. The van der Waals surface area contributed by atoms with Crippen LogP contribution in [0.2, 0.25) is 0 Å². The zero-order chi connectivity index (χ0) is 13.7. The second kappa shape index (κ2) is 7.39. The van der Waals surface area contributed by atoms with Crippen LogP contribution >= 0.6 is 15.9 Å². The average molecular weight is 328 g/mol. The third-order valence-electron chi connectivity index (χ3n) is 3.60. The molecule has 0 spiro atoms. The van der Waals surface area contributed by atoms with Crippen molar-refractivity contribution in [2.24, 2.45) is 5.92 Å². The molecule has 2 unspecified atom stereocenters. The number of aliphatic hydroxyl groups is 1. The molecule has 1 heterocycles. The van der Waals surface area contributed by atoms with Gasteiger partial charge in [-0.25, -0.2) is 0 Å². The molecule has 4 heteroatoms. The van der Waals surface area contributed by atoms with Gasteiger partial charge in [-0.3, -0.25) is 0 Å². The van der Waals surface area contributed by atoms with Gasteiger partial charge in [0.15, 0.2) is 0 Å². The van der Waals surface area contributed by atoms with Crippen molar-refractivity contribution in [1.29, 1.82) is 0 Å². The van der Waals surface area contributed by atoms with Gasteiger partial charge in [-0.2, -0.15) is 0 Å². The molecule has 0 aliphatic carbocycles. The summed E-state index contributed by atoms with van der Waals surface area (Å²) in [6, 6.07) is 8.75. The fourth-order valence-electron chi connectivity index (χ4n) is 2.57. The number of rotatable bonds is 5. The van der Waals surface area contributed by atoms with Crippen molar-refractivity contribution in [2.75, 3.05) is 19.8 Å². The van der Waals surface area contributed by atoms with E-state index < -0.39 is 0 Å². The molecule has 1 aliphatic heterocycles. The fourth-order valence-corrected chi connectivity index (χ4v) is 2.84. The van der Waals surface area contributed by atoms with E-state index in [1.807, 2.05) is 6.92 Å². The van der Waals surface area contributed by atoms with Crippen LogP contribution in [0, 0.1) is 5.92 Å². The summed E-state index contributed by atoms with van der Waals surface area (Å²) >= 11 is 3.47. The topological polar surface area (TPSA) is 41.5 Å². The molecule has 1 saturated heterocycles. The van der Waals surface area contributed by atoms with E-state index in [1.54, 1.807) is 0 Å². The predicted octanol–water partition coefficient (Wildman–Crippen LogP) is 2.89. The maximum absolute atomic E-state index is 9.50. The molecule has 0 saturated carbocycles. The highest BCUT2D eigenvalue weighted by Gasteiger charge is 2.25. The van der Waals surface area contributed by atoms with Gasteiger partial charge in [0.1, 0.15) is 0 Å². The molecule has 1 aliphatic rings. The van der Waals surface area contributed by atoms with Crippen LogP contribution in [-0.4, -0.2) is 31.0 Å². The van der Waals surface area contributed by atoms with E-state index in [0.29, 0.717) is 18.5 Å². The Bertz CT molecular complexity index is 374. The van der Waals surface area contributed by atoms with Gasteiger partial charge < -0.3 is 15.2 Å². The van der Waals surface area contributed by atoms with Gasteiger partial charge in [0.25, 0.3) is 0 Å². The first-order valence-corrected chi connectivity index (χ1v) is 7.71. The molecule has 2 atom stereocenters. The van der Waals surface area contributed by atoms with Gasteiger partial charge in [-0.05, 0) is 43.4 Å². The Labute approximate surface area is 123 Å². The number of halogens is 1. The van der Waals surface area contributed by atoms with Gasteiger partial charge in [-0.1, -0.05) is 28.1 Å². The Kier molecular flexibility index (Phi) is 5.82. The van der Waals surface area contributed by atoms with Crippen LogP contribution in [0.3, 0.4) is 0 Å². The molecule has 2 rings (SSSR count). The molecule has 2 N–H and O–H groups in total. The third-order valence-corrected chi connectivity index (χ3v) is 4.13. The molecular weight excluding hydrogens is 306 g/mol.